The fraction of sp³-hybridized carbons (Fsp3) is 0.270. The van der Waals surface area contributed by atoms with Crippen LogP contribution >= 0.6 is 11.3 Å². The SMILES string of the molecule is C=CCn1c(C(=O)N2CCNCC2)c(-c2ccccc2)n(-c2ccccc2C)c1=O.Cc1ccccc1-n1c(-c2ccccc2)c(C(=O)N2CCNCC2)n(CC2CCCCC2)c1=O.Cc1ccccc1-n1c(-c2ccccc2)c(C(=O)N2CCNCC2)n(Cc2cccc(Oc3ccccc3)c2)c1=O.Cc1ccccc1-n1c(-c2ccccc2)c(C(=O)N2CCNCC2)n(Cc2csc(N)n2)c1=O. The summed E-state index contributed by atoms with van der Waals surface area (Å²) >= 11 is 1.32. The van der Waals surface area contributed by atoms with E-state index in [2.05, 4.69) is 32.8 Å². The monoisotopic (exact) mass is 1880 g/mol. The van der Waals surface area contributed by atoms with Crippen LogP contribution in [0.25, 0.3) is 67.8 Å². The summed E-state index contributed by atoms with van der Waals surface area (Å²) in [5.41, 5.74) is 21.0. The van der Waals surface area contributed by atoms with E-state index in [1.165, 1.54) is 30.6 Å². The fourth-order valence-corrected chi connectivity index (χ4v) is 19.7. The Balaban J connectivity index is 0.000000129. The number of carbonyl (C=O) groups is 4. The van der Waals surface area contributed by atoms with Gasteiger partial charge in [-0.25, -0.2) is 24.2 Å². The van der Waals surface area contributed by atoms with Crippen LogP contribution in [0.4, 0.5) is 5.13 Å². The van der Waals surface area contributed by atoms with Crippen molar-refractivity contribution in [1.29, 1.82) is 0 Å². The van der Waals surface area contributed by atoms with Crippen molar-refractivity contribution in [1.82, 2.24) is 82.4 Å². The lowest BCUT2D eigenvalue weighted by Crippen LogP contribution is -2.47. The molecule has 9 heterocycles. The lowest BCUT2D eigenvalue weighted by atomic mass is 9.89. The largest absolute Gasteiger partial charge is 0.457 e. The predicted octanol–water partition coefficient (Wildman–Crippen LogP) is 15.3. The Morgan fingerprint density at radius 2 is 0.676 bits per heavy atom. The van der Waals surface area contributed by atoms with Crippen LogP contribution in [0.15, 0.2) is 310 Å². The Morgan fingerprint density at radius 1 is 0.374 bits per heavy atom. The first-order valence-corrected chi connectivity index (χ1v) is 48.8. The van der Waals surface area contributed by atoms with Gasteiger partial charge in [-0.1, -0.05) is 250 Å². The van der Waals surface area contributed by atoms with E-state index in [4.69, 9.17) is 10.5 Å². The third kappa shape index (κ3) is 21.2. The van der Waals surface area contributed by atoms with Crippen LogP contribution in [0.2, 0.25) is 0 Å². The molecule has 0 unspecified atom stereocenters. The Labute approximate surface area is 812 Å². The molecule has 139 heavy (non-hydrogen) atoms. The summed E-state index contributed by atoms with van der Waals surface area (Å²) in [5, 5.41) is 15.5. The number of nitrogens with one attached hydrogen (secondary N) is 4. The number of benzene rings is 10. The molecule has 6 N–H and O–H groups in total. The minimum atomic E-state index is -0.279. The van der Waals surface area contributed by atoms with Crippen molar-refractivity contribution >= 4 is 40.1 Å². The molecule has 27 nitrogen and oxygen atoms in total. The molecule has 10 aromatic carbocycles. The quantitative estimate of drug-likeness (QED) is 0.0394. The molecule has 20 rings (SSSR count). The van der Waals surface area contributed by atoms with Crippen molar-refractivity contribution in [2.24, 2.45) is 5.92 Å². The topological polar surface area (TPSA) is 285 Å². The van der Waals surface area contributed by atoms with Crippen molar-refractivity contribution in [3.63, 3.8) is 0 Å². The number of rotatable bonds is 22. The molecule has 5 aliphatic rings. The summed E-state index contributed by atoms with van der Waals surface area (Å²) in [5.74, 6) is 1.35. The lowest BCUT2D eigenvalue weighted by molar-refractivity contribution is 0.0716. The molecule has 5 aromatic heterocycles. The van der Waals surface area contributed by atoms with Crippen LogP contribution in [0.1, 0.15) is 108 Å². The number of nitrogens with zero attached hydrogens (tertiary/aromatic N) is 13. The minimum Gasteiger partial charge on any atom is -0.457 e. The molecule has 5 fully saturated rings. The van der Waals surface area contributed by atoms with E-state index in [0.29, 0.717) is 140 Å². The van der Waals surface area contributed by atoms with Crippen molar-refractivity contribution in [2.45, 2.75) is 86.0 Å². The lowest BCUT2D eigenvalue weighted by Gasteiger charge is -2.29. The molecule has 712 valence electrons. The summed E-state index contributed by atoms with van der Waals surface area (Å²) < 4.78 is 19.4. The van der Waals surface area contributed by atoms with Crippen molar-refractivity contribution in [3.8, 4) is 79.3 Å². The van der Waals surface area contributed by atoms with Crippen LogP contribution in [0, 0.1) is 33.6 Å². The Hall–Kier alpha value is -15.1. The number of para-hydroxylation sites is 5. The highest BCUT2D eigenvalue weighted by Crippen LogP contribution is 2.37. The van der Waals surface area contributed by atoms with E-state index in [1.54, 1.807) is 42.6 Å². The van der Waals surface area contributed by atoms with Crippen LogP contribution in [-0.2, 0) is 26.2 Å². The van der Waals surface area contributed by atoms with E-state index < -0.39 is 0 Å². The van der Waals surface area contributed by atoms with Gasteiger partial charge < -0.3 is 51.3 Å². The van der Waals surface area contributed by atoms with Crippen LogP contribution in [0.3, 0.4) is 0 Å². The van der Waals surface area contributed by atoms with Crippen molar-refractivity contribution in [2.75, 3.05) is 110 Å². The highest BCUT2D eigenvalue weighted by Gasteiger charge is 2.38. The average Bonchev–Trinajstić information content (AvgIpc) is 1.61. The van der Waals surface area contributed by atoms with Gasteiger partial charge in [-0.2, -0.15) is 0 Å². The van der Waals surface area contributed by atoms with Gasteiger partial charge in [-0.15, -0.1) is 17.9 Å². The van der Waals surface area contributed by atoms with Gasteiger partial charge in [0.2, 0.25) is 0 Å². The van der Waals surface area contributed by atoms with Gasteiger partial charge in [0.05, 0.1) is 64.3 Å². The number of aryl methyl sites for hydroxylation is 4. The highest BCUT2D eigenvalue weighted by atomic mass is 32.1. The molecule has 0 radical (unpaired) electrons. The molecule has 4 amide bonds. The maximum absolute atomic E-state index is 14.4. The zero-order valence-corrected chi connectivity index (χ0v) is 79.9. The molecular weight excluding hydrogens is 1760 g/mol. The number of nitrogens with two attached hydrogens (primary N) is 1. The number of piperazine rings is 4. The van der Waals surface area contributed by atoms with Gasteiger partial charge >= 0.3 is 22.8 Å². The number of allylic oxidation sites excluding steroid dienone is 1. The van der Waals surface area contributed by atoms with Gasteiger partial charge in [0.1, 0.15) is 34.3 Å². The van der Waals surface area contributed by atoms with Crippen molar-refractivity contribution in [3.05, 3.63) is 389 Å². The number of ether oxygens (including phenoxy) is 1. The molecule has 15 aromatic rings. The summed E-state index contributed by atoms with van der Waals surface area (Å²) in [6.45, 7) is 23.8. The molecule has 0 spiro atoms. The molecule has 28 heteroatoms. The zero-order chi connectivity index (χ0) is 96.4. The molecular formula is C111H118N18O9S. The van der Waals surface area contributed by atoms with E-state index in [-0.39, 0.29) is 66.0 Å². The van der Waals surface area contributed by atoms with E-state index in [0.717, 1.165) is 131 Å². The van der Waals surface area contributed by atoms with E-state index in [1.807, 2.05) is 326 Å². The van der Waals surface area contributed by atoms with Crippen molar-refractivity contribution < 1.29 is 23.9 Å². The second-order valence-electron chi connectivity index (χ2n) is 35.5. The van der Waals surface area contributed by atoms with Crippen LogP contribution in [0.5, 0.6) is 11.5 Å². The number of amides is 4. The number of hydrogen-bond acceptors (Lipinski definition) is 16. The standard InChI is InChI=1S/C34H32N4O3.C28H34N4O2.C25H26N6O2S.C24H26N4O2/c1-25-11-8-9-18-30(25)38-31(27-13-4-2-5-14-27)32(33(39)36-21-19-35-20-22-36)37(34(38)40)24-26-12-10-17-29(23-26)41-28-15-6-3-7-16-28;1-21-10-8-9-15-24(21)32-25(23-13-6-3-7-14-23)26(27(33)30-18-16-29-17-19-30)31(28(32)34)20-22-11-4-2-5-12-22;1-17-7-5-6-10-20(17)31-21(18-8-3-2-4-9-18)22(23(32)29-13-11-27-12-14-29)30(25(31)33)15-19-16-34-24(26)28-19;1-3-15-27-22(23(29)26-16-13-25-14-17-26)21(19-10-5-4-6-11-19)28(24(27)30)20-12-8-7-9-18(20)2/h2-18,23,35H,19-22,24H2,1H3;3,6-10,13-15,22,29H,2,4-5,11-12,16-20H2,1H3;2-10,16,27H,11-15H2,1H3,(H2,26,28);3-12,25H,1,13-17H2,2H3. The Morgan fingerprint density at radius 3 is 1.01 bits per heavy atom. The number of thiazole rings is 1. The average molecular weight is 1880 g/mol. The second kappa shape index (κ2) is 44.8. The van der Waals surface area contributed by atoms with Gasteiger partial charge in [0.25, 0.3) is 23.6 Å². The number of imidazole rings is 4. The number of aromatic nitrogens is 9. The fourth-order valence-electron chi connectivity index (χ4n) is 19.2. The summed E-state index contributed by atoms with van der Waals surface area (Å²) in [4.78, 5) is 124. The molecule has 4 aliphatic heterocycles. The summed E-state index contributed by atoms with van der Waals surface area (Å²) in [6.07, 6.45) is 7.55. The molecule has 0 bridgehead atoms. The molecule has 0 atom stereocenters. The first-order valence-electron chi connectivity index (χ1n) is 47.9. The molecule has 1 saturated carbocycles. The smallest absolute Gasteiger partial charge is 0.334 e. The van der Waals surface area contributed by atoms with Crippen LogP contribution < -0.4 is 54.5 Å². The van der Waals surface area contributed by atoms with E-state index >= 15 is 0 Å². The minimum absolute atomic E-state index is 0.0411. The number of nitrogen functional groups attached to an aromatic ring is 1. The third-order valence-corrected chi connectivity index (χ3v) is 26.9. The first-order chi connectivity index (χ1) is 67.9. The second-order valence-corrected chi connectivity index (χ2v) is 36.4. The van der Waals surface area contributed by atoms with Gasteiger partial charge in [-0.3, -0.25) is 55.7 Å². The third-order valence-electron chi connectivity index (χ3n) is 26.2. The Kier molecular flexibility index (Phi) is 30.8. The number of carbonyl (C=O) groups excluding carboxylic acids is 4. The normalized spacial score (nSPS) is 14.5. The molecule has 4 saturated heterocycles. The number of hydrogen-bond donors (Lipinski definition) is 5. The molecule has 1 aliphatic carbocycles. The summed E-state index contributed by atoms with van der Waals surface area (Å²) in [7, 11) is 0. The summed E-state index contributed by atoms with van der Waals surface area (Å²) in [6, 6.07) is 87.4. The predicted molar refractivity (Wildman–Crippen MR) is 550 cm³/mol. The highest BCUT2D eigenvalue weighted by molar-refractivity contribution is 7.13. The maximum Gasteiger partial charge on any atom is 0.334 e. The number of anilines is 1. The van der Waals surface area contributed by atoms with E-state index in [9.17, 15) is 38.4 Å². The maximum atomic E-state index is 14.4. The zero-order valence-electron chi connectivity index (χ0n) is 79.1. The van der Waals surface area contributed by atoms with Gasteiger partial charge in [-0.05, 0) is 123 Å². The van der Waals surface area contributed by atoms with Crippen LogP contribution in [-0.4, -0.2) is 189 Å². The van der Waals surface area contributed by atoms with Gasteiger partial charge in [0, 0.05) is 145 Å². The Bertz CT molecular complexity index is 7100. The van der Waals surface area contributed by atoms with Gasteiger partial charge in [0.15, 0.2) is 5.13 Å². The first kappa shape index (κ1) is 95.6.